The first kappa shape index (κ1) is 25.8. The third-order valence-corrected chi connectivity index (χ3v) is 5.55. The minimum absolute atomic E-state index is 0.134. The largest absolute Gasteiger partial charge is 0.358 e. The van der Waals surface area contributed by atoms with E-state index in [9.17, 15) is 8.42 Å². The summed E-state index contributed by atoms with van der Waals surface area (Å²) >= 11 is 0. The summed E-state index contributed by atoms with van der Waals surface area (Å²) in [6.07, 6.45) is 23.4. The smallest absolute Gasteiger partial charge is 0.300 e. The monoisotopic (exact) mass is 393 g/mol. The fourth-order valence-corrected chi connectivity index (χ4v) is 3.59. The summed E-state index contributed by atoms with van der Waals surface area (Å²) in [6.45, 7) is 2.40. The Hall–Kier alpha value is -0.170. The highest BCUT2D eigenvalue weighted by molar-refractivity contribution is 7.84. The van der Waals surface area contributed by atoms with Crippen molar-refractivity contribution in [1.29, 1.82) is 0 Å². The van der Waals surface area contributed by atoms with Gasteiger partial charge in [0.1, 0.15) is 0 Å². The van der Waals surface area contributed by atoms with E-state index in [-0.39, 0.29) is 6.61 Å². The van der Waals surface area contributed by atoms with Gasteiger partial charge >= 0.3 is 10.3 Å². The summed E-state index contributed by atoms with van der Waals surface area (Å²) < 4.78 is 26.1. The second-order valence-electron chi connectivity index (χ2n) is 7.38. The van der Waals surface area contributed by atoms with Gasteiger partial charge in [0.05, 0.1) is 6.61 Å². The molecule has 0 rings (SSSR count). The third kappa shape index (κ3) is 20.1. The first-order valence-corrected chi connectivity index (χ1v) is 12.3. The maximum absolute atomic E-state index is 10.8. The van der Waals surface area contributed by atoms with Crippen molar-refractivity contribution in [2.24, 2.45) is 0 Å². The van der Waals surface area contributed by atoms with E-state index in [1.54, 1.807) is 0 Å². The van der Waals surface area contributed by atoms with E-state index in [0.717, 1.165) is 17.7 Å². The second-order valence-corrected chi connectivity index (χ2v) is 8.70. The van der Waals surface area contributed by atoms with E-state index in [2.05, 4.69) is 11.1 Å². The van der Waals surface area contributed by atoms with Crippen LogP contribution in [-0.2, 0) is 14.5 Å². The topological polar surface area (TPSA) is 75.6 Å². The predicted molar refractivity (Wildman–Crippen MR) is 109 cm³/mol. The van der Waals surface area contributed by atoms with Gasteiger partial charge in [-0.05, 0) is 6.42 Å². The van der Waals surface area contributed by atoms with Gasteiger partial charge in [-0.15, -0.1) is 0 Å². The zero-order chi connectivity index (χ0) is 19.3. The zero-order valence-corrected chi connectivity index (χ0v) is 17.8. The molecule has 26 heavy (non-hydrogen) atoms. The Morgan fingerprint density at radius 1 is 0.615 bits per heavy atom. The lowest BCUT2D eigenvalue weighted by atomic mass is 10.0. The molecule has 2 N–H and O–H groups in total. The van der Waals surface area contributed by atoms with Crippen LogP contribution in [0.15, 0.2) is 0 Å². The molecule has 0 saturated heterocycles. The molecule has 6 heteroatoms. The van der Waals surface area contributed by atoms with Crippen LogP contribution in [0, 0.1) is 0 Å². The zero-order valence-electron chi connectivity index (χ0n) is 17.0. The summed E-state index contributed by atoms with van der Waals surface area (Å²) in [7, 11) is -3.94. The molecule has 0 saturated carbocycles. The summed E-state index contributed by atoms with van der Waals surface area (Å²) in [5.74, 6) is 0. The van der Waals surface area contributed by atoms with Gasteiger partial charge in [-0.3, -0.25) is 4.18 Å². The van der Waals surface area contributed by atoms with Crippen molar-refractivity contribution >= 4 is 10.3 Å². The first-order valence-electron chi connectivity index (χ1n) is 10.9. The maximum atomic E-state index is 10.8. The summed E-state index contributed by atoms with van der Waals surface area (Å²) in [5.41, 5.74) is 0. The Bertz CT molecular complexity index is 374. The maximum Gasteiger partial charge on any atom is 0.358 e. The van der Waals surface area contributed by atoms with Crippen LogP contribution in [-0.4, -0.2) is 20.2 Å². The fourth-order valence-electron chi connectivity index (χ4n) is 3.20. The van der Waals surface area contributed by atoms with Gasteiger partial charge in [0, 0.05) is 0 Å². The quantitative estimate of drug-likeness (QED) is 0.178. The molecule has 0 heterocycles. The summed E-state index contributed by atoms with van der Waals surface area (Å²) in [6, 6.07) is 0. The van der Waals surface area contributed by atoms with Gasteiger partial charge in [0.15, 0.2) is 0 Å². The lowest BCUT2D eigenvalue weighted by molar-refractivity contribution is 0.202. The van der Waals surface area contributed by atoms with Crippen LogP contribution in [0.5, 0.6) is 0 Å². The molecule has 0 radical (unpaired) electrons. The molecule has 0 unspecified atom stereocenters. The molecule has 0 aromatic heterocycles. The highest BCUT2D eigenvalue weighted by Gasteiger charge is 2.06. The average molecular weight is 394 g/mol. The van der Waals surface area contributed by atoms with Gasteiger partial charge in [0.25, 0.3) is 0 Å². The molecule has 0 bridgehead atoms. The molecule has 0 aliphatic heterocycles. The second kappa shape index (κ2) is 19.6. The number of rotatable bonds is 21. The van der Waals surface area contributed by atoms with Crippen LogP contribution in [0.25, 0.3) is 0 Å². The molecule has 0 aliphatic rings. The molecular formula is C20H43NO4S. The van der Waals surface area contributed by atoms with E-state index in [0.29, 0.717) is 6.42 Å². The van der Waals surface area contributed by atoms with Gasteiger partial charge in [-0.2, -0.15) is 8.42 Å². The Kier molecular flexibility index (Phi) is 19.5. The van der Waals surface area contributed by atoms with Crippen molar-refractivity contribution in [2.75, 3.05) is 6.61 Å². The van der Waals surface area contributed by atoms with Gasteiger partial charge in [0.2, 0.25) is 0 Å². The Morgan fingerprint density at radius 3 is 1.23 bits per heavy atom. The van der Waals surface area contributed by atoms with Crippen molar-refractivity contribution in [3.63, 3.8) is 0 Å². The lowest BCUT2D eigenvalue weighted by Crippen LogP contribution is -2.22. The third-order valence-electron chi connectivity index (χ3n) is 4.85. The molecule has 0 amide bonds. The molecule has 0 aromatic carbocycles. The highest BCUT2D eigenvalue weighted by Crippen LogP contribution is 2.14. The van der Waals surface area contributed by atoms with E-state index >= 15 is 0 Å². The lowest BCUT2D eigenvalue weighted by Gasteiger charge is -2.04. The molecular weight excluding hydrogens is 350 g/mol. The standard InChI is InChI=1S/C20H43NO4S/c1-2-3-4-5-6-7-8-9-10-11-12-13-14-15-16-17-18-19-20-25-26(23,24)21-22/h21-22H,2-20H2,1H3. The van der Waals surface area contributed by atoms with Crippen molar-refractivity contribution in [3.05, 3.63) is 0 Å². The van der Waals surface area contributed by atoms with Crippen molar-refractivity contribution < 1.29 is 17.8 Å². The normalized spacial score (nSPS) is 11.9. The van der Waals surface area contributed by atoms with Crippen LogP contribution in [0.4, 0.5) is 0 Å². The fraction of sp³-hybridized carbons (Fsp3) is 1.00. The molecule has 0 aromatic rings. The molecule has 0 spiro atoms. The highest BCUT2D eigenvalue weighted by atomic mass is 32.2. The van der Waals surface area contributed by atoms with E-state index in [4.69, 9.17) is 5.21 Å². The average Bonchev–Trinajstić information content (AvgIpc) is 2.63. The number of unbranched alkanes of at least 4 members (excludes halogenated alkanes) is 17. The number of hydrogen-bond donors (Lipinski definition) is 2. The number of nitrogens with one attached hydrogen (secondary N) is 1. The van der Waals surface area contributed by atoms with Gasteiger partial charge < -0.3 is 5.21 Å². The van der Waals surface area contributed by atoms with Gasteiger partial charge in [-0.1, -0.05) is 121 Å². The Labute approximate surface area is 162 Å². The molecule has 0 aliphatic carbocycles. The van der Waals surface area contributed by atoms with Crippen LogP contribution < -0.4 is 4.89 Å². The van der Waals surface area contributed by atoms with Crippen LogP contribution in [0.2, 0.25) is 0 Å². The minimum atomic E-state index is -3.94. The molecule has 0 atom stereocenters. The van der Waals surface area contributed by atoms with E-state index < -0.39 is 10.3 Å². The van der Waals surface area contributed by atoms with Gasteiger partial charge in [-0.25, -0.2) is 0 Å². The predicted octanol–water partition coefficient (Wildman–Crippen LogP) is 6.27. The number of hydrogen-bond acceptors (Lipinski definition) is 4. The van der Waals surface area contributed by atoms with Crippen LogP contribution in [0.1, 0.15) is 122 Å². The minimum Gasteiger partial charge on any atom is -0.300 e. The molecule has 0 fully saturated rings. The van der Waals surface area contributed by atoms with Crippen LogP contribution in [0.3, 0.4) is 0 Å². The SMILES string of the molecule is CCCCCCCCCCCCCCCCCCCCOS(=O)(=O)NO. The van der Waals surface area contributed by atoms with E-state index in [1.165, 1.54) is 96.3 Å². The Morgan fingerprint density at radius 2 is 0.923 bits per heavy atom. The molecule has 158 valence electrons. The summed E-state index contributed by atoms with van der Waals surface area (Å²) in [4.78, 5) is 1.15. The van der Waals surface area contributed by atoms with E-state index in [1.807, 2.05) is 0 Å². The van der Waals surface area contributed by atoms with Crippen molar-refractivity contribution in [3.8, 4) is 0 Å². The van der Waals surface area contributed by atoms with Crippen LogP contribution >= 0.6 is 0 Å². The molecule has 5 nitrogen and oxygen atoms in total. The Balaban J connectivity index is 3.07. The van der Waals surface area contributed by atoms with Crippen molar-refractivity contribution in [2.45, 2.75) is 122 Å². The first-order chi connectivity index (χ1) is 12.6. The summed E-state index contributed by atoms with van der Waals surface area (Å²) in [5, 5.41) is 8.28. The van der Waals surface area contributed by atoms with Crippen molar-refractivity contribution in [1.82, 2.24) is 4.89 Å².